The molecule has 0 fully saturated rings. The molecule has 0 saturated carbocycles. The fourth-order valence-corrected chi connectivity index (χ4v) is 2.87. The van der Waals surface area contributed by atoms with Gasteiger partial charge in [0.1, 0.15) is 0 Å². The maximum atomic E-state index is 12.5. The van der Waals surface area contributed by atoms with Crippen molar-refractivity contribution in [3.05, 3.63) is 61.8 Å². The van der Waals surface area contributed by atoms with Gasteiger partial charge in [0.05, 0.1) is 33.4 Å². The van der Waals surface area contributed by atoms with Crippen LogP contribution in [0.4, 0.5) is 13.2 Å². The van der Waals surface area contributed by atoms with Crippen LogP contribution in [0.2, 0.25) is 10.0 Å². The highest BCUT2D eigenvalue weighted by Gasteiger charge is 2.31. The van der Waals surface area contributed by atoms with Crippen molar-refractivity contribution >= 4 is 45.0 Å². The molecule has 0 bridgehead atoms. The summed E-state index contributed by atoms with van der Waals surface area (Å²) in [4.78, 5) is 15.8. The maximum absolute atomic E-state index is 12.5. The van der Waals surface area contributed by atoms with E-state index in [2.05, 4.69) is 26.2 Å². The lowest BCUT2D eigenvalue weighted by Gasteiger charge is -2.11. The Morgan fingerprint density at radius 3 is 2.52 bits per heavy atom. The van der Waals surface area contributed by atoms with E-state index in [0.29, 0.717) is 10.7 Å². The topological polar surface area (TPSA) is 42.0 Å². The van der Waals surface area contributed by atoms with Gasteiger partial charge < -0.3 is 5.32 Å². The minimum Gasteiger partial charge on any atom is -0.346 e. The van der Waals surface area contributed by atoms with Crippen molar-refractivity contribution in [1.29, 1.82) is 0 Å². The van der Waals surface area contributed by atoms with Crippen LogP contribution in [0, 0.1) is 0 Å². The largest absolute Gasteiger partial charge is 0.417 e. The Kier molecular flexibility index (Phi) is 5.54. The smallest absolute Gasteiger partial charge is 0.346 e. The van der Waals surface area contributed by atoms with Crippen molar-refractivity contribution in [1.82, 2.24) is 10.3 Å². The first-order valence-corrected chi connectivity index (χ1v) is 7.69. The molecule has 23 heavy (non-hydrogen) atoms. The fourth-order valence-electron chi connectivity index (χ4n) is 1.72. The zero-order valence-corrected chi connectivity index (χ0v) is 14.3. The summed E-state index contributed by atoms with van der Waals surface area (Å²) in [6, 6.07) is 5.62. The van der Waals surface area contributed by atoms with E-state index in [0.717, 1.165) is 6.07 Å². The molecule has 0 spiro atoms. The molecule has 1 aromatic carbocycles. The summed E-state index contributed by atoms with van der Waals surface area (Å²) in [5, 5.41) is 2.57. The number of aromatic nitrogens is 1. The molecular formula is C14H8BrCl2F3N2O. The van der Waals surface area contributed by atoms with Crippen molar-refractivity contribution in [2.45, 2.75) is 12.7 Å². The number of carbonyl (C=O) groups is 1. The number of carbonyl (C=O) groups excluding carboxylic acids is 1. The fraction of sp³-hybridized carbons (Fsp3) is 0.143. The van der Waals surface area contributed by atoms with E-state index in [-0.39, 0.29) is 27.8 Å². The minimum atomic E-state index is -4.53. The maximum Gasteiger partial charge on any atom is 0.417 e. The number of halogens is 6. The Morgan fingerprint density at radius 2 is 1.96 bits per heavy atom. The predicted molar refractivity (Wildman–Crippen MR) is 84.6 cm³/mol. The molecule has 0 saturated heterocycles. The van der Waals surface area contributed by atoms with Gasteiger partial charge in [-0.15, -0.1) is 0 Å². The monoisotopic (exact) mass is 426 g/mol. The number of rotatable bonds is 3. The van der Waals surface area contributed by atoms with Gasteiger partial charge in [-0.3, -0.25) is 9.78 Å². The van der Waals surface area contributed by atoms with Crippen LogP contribution in [0.25, 0.3) is 0 Å². The van der Waals surface area contributed by atoms with Gasteiger partial charge in [-0.05, 0) is 34.1 Å². The van der Waals surface area contributed by atoms with Gasteiger partial charge in [-0.1, -0.05) is 29.3 Å². The Balaban J connectivity index is 2.14. The van der Waals surface area contributed by atoms with Crippen LogP contribution in [0.1, 0.15) is 21.6 Å². The lowest BCUT2D eigenvalue weighted by atomic mass is 10.2. The molecule has 1 amide bonds. The zero-order chi connectivity index (χ0) is 17.2. The lowest BCUT2D eigenvalue weighted by Crippen LogP contribution is -2.24. The quantitative estimate of drug-likeness (QED) is 0.740. The van der Waals surface area contributed by atoms with E-state index >= 15 is 0 Å². The molecule has 0 radical (unpaired) electrons. The summed E-state index contributed by atoms with van der Waals surface area (Å²) in [6.07, 6.45) is -3.86. The summed E-state index contributed by atoms with van der Waals surface area (Å²) >= 11 is 14.9. The number of hydrogen-bond donors (Lipinski definition) is 1. The number of pyridine rings is 1. The molecule has 0 aliphatic heterocycles. The van der Waals surface area contributed by atoms with Gasteiger partial charge in [0.25, 0.3) is 5.91 Å². The third-order valence-electron chi connectivity index (χ3n) is 2.85. The molecule has 0 unspecified atom stereocenters. The molecule has 122 valence electrons. The van der Waals surface area contributed by atoms with Gasteiger partial charge in [-0.25, -0.2) is 0 Å². The van der Waals surface area contributed by atoms with Crippen molar-refractivity contribution in [3.8, 4) is 0 Å². The summed E-state index contributed by atoms with van der Waals surface area (Å²) in [5.41, 5.74) is -0.611. The van der Waals surface area contributed by atoms with Crippen LogP contribution in [0.3, 0.4) is 0 Å². The minimum absolute atomic E-state index is 0.121. The highest BCUT2D eigenvalue weighted by atomic mass is 79.9. The number of nitrogens with zero attached hydrogens (tertiary/aromatic N) is 1. The van der Waals surface area contributed by atoms with E-state index in [9.17, 15) is 18.0 Å². The number of nitrogens with one attached hydrogen (secondary N) is 1. The van der Waals surface area contributed by atoms with Gasteiger partial charge in [0.15, 0.2) is 0 Å². The molecule has 0 atom stereocenters. The molecule has 0 aliphatic rings. The number of amides is 1. The zero-order valence-electron chi connectivity index (χ0n) is 11.2. The first-order valence-electron chi connectivity index (χ1n) is 6.14. The first kappa shape index (κ1) is 18.0. The van der Waals surface area contributed by atoms with Crippen LogP contribution in [-0.2, 0) is 12.7 Å². The highest BCUT2D eigenvalue weighted by Crippen LogP contribution is 2.31. The molecule has 1 N–H and O–H groups in total. The Hall–Kier alpha value is -1.31. The number of alkyl halides is 3. The second-order valence-corrected chi connectivity index (χ2v) is 6.10. The molecular weight excluding hydrogens is 420 g/mol. The van der Waals surface area contributed by atoms with Crippen LogP contribution in [0.5, 0.6) is 0 Å². The Bertz CT molecular complexity index is 733. The van der Waals surface area contributed by atoms with E-state index in [1.54, 1.807) is 18.2 Å². The average molecular weight is 428 g/mol. The predicted octanol–water partition coefficient (Wildman–Crippen LogP) is 5.10. The van der Waals surface area contributed by atoms with Crippen molar-refractivity contribution in [3.63, 3.8) is 0 Å². The first-order chi connectivity index (χ1) is 10.7. The molecule has 0 aliphatic carbocycles. The molecule has 1 aromatic heterocycles. The van der Waals surface area contributed by atoms with Crippen LogP contribution in [0.15, 0.2) is 34.9 Å². The SMILES string of the molecule is O=C(NCc1ncc(C(F)(F)F)cc1Cl)c1c(Cl)cccc1Br. The normalized spacial score (nSPS) is 11.4. The third-order valence-corrected chi connectivity index (χ3v) is 4.15. The second-order valence-electron chi connectivity index (χ2n) is 4.43. The number of hydrogen-bond acceptors (Lipinski definition) is 2. The van der Waals surface area contributed by atoms with Gasteiger partial charge in [0.2, 0.25) is 0 Å². The van der Waals surface area contributed by atoms with Crippen molar-refractivity contribution in [2.75, 3.05) is 0 Å². The standard InChI is InChI=1S/C14H8BrCl2F3N2O/c15-8-2-1-3-9(16)12(8)13(23)22-6-11-10(17)4-7(5-21-11)14(18,19)20/h1-5H,6H2,(H,22,23). The molecule has 2 aromatic rings. The molecule has 1 heterocycles. The molecule has 2 rings (SSSR count). The molecule has 3 nitrogen and oxygen atoms in total. The van der Waals surface area contributed by atoms with Gasteiger partial charge in [0, 0.05) is 10.7 Å². The van der Waals surface area contributed by atoms with E-state index in [4.69, 9.17) is 23.2 Å². The van der Waals surface area contributed by atoms with E-state index in [1.165, 1.54) is 0 Å². The summed E-state index contributed by atoms with van der Waals surface area (Å²) in [6.45, 7) is -0.131. The Labute approximate surface area is 147 Å². The lowest BCUT2D eigenvalue weighted by molar-refractivity contribution is -0.137. The van der Waals surface area contributed by atoms with Crippen LogP contribution >= 0.6 is 39.1 Å². The summed E-state index contributed by atoms with van der Waals surface area (Å²) in [5.74, 6) is -0.500. The van der Waals surface area contributed by atoms with Crippen LogP contribution in [-0.4, -0.2) is 10.9 Å². The summed E-state index contributed by atoms with van der Waals surface area (Å²) < 4.78 is 38.1. The van der Waals surface area contributed by atoms with E-state index < -0.39 is 17.6 Å². The number of benzene rings is 1. The Morgan fingerprint density at radius 1 is 1.26 bits per heavy atom. The van der Waals surface area contributed by atoms with Gasteiger partial charge >= 0.3 is 6.18 Å². The van der Waals surface area contributed by atoms with E-state index in [1.807, 2.05) is 0 Å². The van der Waals surface area contributed by atoms with Crippen LogP contribution < -0.4 is 5.32 Å². The highest BCUT2D eigenvalue weighted by molar-refractivity contribution is 9.10. The second kappa shape index (κ2) is 7.07. The average Bonchev–Trinajstić information content (AvgIpc) is 2.44. The van der Waals surface area contributed by atoms with Crippen molar-refractivity contribution < 1.29 is 18.0 Å². The van der Waals surface area contributed by atoms with Crippen molar-refractivity contribution in [2.24, 2.45) is 0 Å². The molecule has 9 heteroatoms. The van der Waals surface area contributed by atoms with Gasteiger partial charge in [-0.2, -0.15) is 13.2 Å². The summed E-state index contributed by atoms with van der Waals surface area (Å²) in [7, 11) is 0. The third kappa shape index (κ3) is 4.37.